The third-order valence-electron chi connectivity index (χ3n) is 3.80. The molecule has 0 spiro atoms. The van der Waals surface area contributed by atoms with Gasteiger partial charge in [0.25, 0.3) is 0 Å². The van der Waals surface area contributed by atoms with Gasteiger partial charge < -0.3 is 4.74 Å². The van der Waals surface area contributed by atoms with Gasteiger partial charge >= 0.3 is 0 Å². The molecule has 1 heterocycles. The summed E-state index contributed by atoms with van der Waals surface area (Å²) in [4.78, 5) is 4.26. The SMILES string of the molecule is CCOC1(C(NN)c2cncc(C)c2)CCCC1. The summed E-state index contributed by atoms with van der Waals surface area (Å²) in [5.74, 6) is 5.79. The van der Waals surface area contributed by atoms with Crippen molar-refractivity contribution in [3.05, 3.63) is 29.6 Å². The predicted molar refractivity (Wildman–Crippen MR) is 71.9 cm³/mol. The van der Waals surface area contributed by atoms with Crippen molar-refractivity contribution in [2.45, 2.75) is 51.2 Å². The normalized spacial score (nSPS) is 19.9. The van der Waals surface area contributed by atoms with Crippen LogP contribution in [-0.4, -0.2) is 17.2 Å². The molecule has 1 saturated carbocycles. The highest BCUT2D eigenvalue weighted by molar-refractivity contribution is 5.23. The standard InChI is InChI=1S/C14H23N3O/c1-3-18-14(6-4-5-7-14)13(17-15)12-8-11(2)9-16-10-12/h8-10,13,17H,3-7,15H2,1-2H3. The summed E-state index contributed by atoms with van der Waals surface area (Å²) >= 11 is 0. The van der Waals surface area contributed by atoms with Crippen LogP contribution in [0.4, 0.5) is 0 Å². The topological polar surface area (TPSA) is 60.2 Å². The molecule has 1 aromatic rings. The number of aryl methyl sites for hydroxylation is 1. The number of ether oxygens (including phenoxy) is 1. The molecular weight excluding hydrogens is 226 g/mol. The molecule has 18 heavy (non-hydrogen) atoms. The number of hydrogen-bond acceptors (Lipinski definition) is 4. The maximum absolute atomic E-state index is 6.07. The van der Waals surface area contributed by atoms with Gasteiger partial charge in [-0.2, -0.15) is 0 Å². The van der Waals surface area contributed by atoms with E-state index in [0.717, 1.165) is 30.6 Å². The van der Waals surface area contributed by atoms with Crippen molar-refractivity contribution < 1.29 is 4.74 Å². The minimum Gasteiger partial charge on any atom is -0.373 e. The largest absolute Gasteiger partial charge is 0.373 e. The van der Waals surface area contributed by atoms with Gasteiger partial charge in [-0.05, 0) is 37.8 Å². The highest BCUT2D eigenvalue weighted by Gasteiger charge is 2.42. The van der Waals surface area contributed by atoms with Gasteiger partial charge in [-0.25, -0.2) is 0 Å². The number of hydrogen-bond donors (Lipinski definition) is 2. The Balaban J connectivity index is 2.31. The Kier molecular flexibility index (Phi) is 4.32. The van der Waals surface area contributed by atoms with Crippen molar-refractivity contribution in [3.63, 3.8) is 0 Å². The van der Waals surface area contributed by atoms with E-state index in [2.05, 4.69) is 16.5 Å². The number of nitrogens with two attached hydrogens (primary N) is 1. The van der Waals surface area contributed by atoms with E-state index in [1.165, 1.54) is 12.8 Å². The van der Waals surface area contributed by atoms with Gasteiger partial charge in [0.2, 0.25) is 0 Å². The summed E-state index contributed by atoms with van der Waals surface area (Å²) in [6, 6.07) is 2.16. The summed E-state index contributed by atoms with van der Waals surface area (Å²) < 4.78 is 6.07. The van der Waals surface area contributed by atoms with E-state index in [-0.39, 0.29) is 11.6 Å². The average Bonchev–Trinajstić information content (AvgIpc) is 2.80. The lowest BCUT2D eigenvalue weighted by atomic mass is 9.87. The molecule has 1 atom stereocenters. The Morgan fingerprint density at radius 1 is 1.44 bits per heavy atom. The van der Waals surface area contributed by atoms with Crippen molar-refractivity contribution in [1.29, 1.82) is 0 Å². The van der Waals surface area contributed by atoms with Gasteiger partial charge in [-0.3, -0.25) is 16.3 Å². The second-order valence-corrected chi connectivity index (χ2v) is 5.10. The van der Waals surface area contributed by atoms with Crippen LogP contribution in [-0.2, 0) is 4.74 Å². The second kappa shape index (κ2) is 5.78. The Labute approximate surface area is 109 Å². The zero-order valence-corrected chi connectivity index (χ0v) is 11.3. The Hall–Kier alpha value is -0.970. The summed E-state index contributed by atoms with van der Waals surface area (Å²) in [7, 11) is 0. The maximum Gasteiger partial charge on any atom is 0.0889 e. The molecular formula is C14H23N3O. The molecule has 1 fully saturated rings. The quantitative estimate of drug-likeness (QED) is 0.620. The van der Waals surface area contributed by atoms with E-state index >= 15 is 0 Å². The molecule has 3 N–H and O–H groups in total. The molecule has 4 nitrogen and oxygen atoms in total. The van der Waals surface area contributed by atoms with Crippen LogP contribution in [0.1, 0.15) is 49.8 Å². The lowest BCUT2D eigenvalue weighted by molar-refractivity contribution is -0.0628. The molecule has 1 unspecified atom stereocenters. The smallest absolute Gasteiger partial charge is 0.0889 e. The molecule has 0 aliphatic heterocycles. The second-order valence-electron chi connectivity index (χ2n) is 5.10. The first-order chi connectivity index (χ1) is 8.72. The third kappa shape index (κ3) is 2.55. The van der Waals surface area contributed by atoms with Gasteiger partial charge in [-0.15, -0.1) is 0 Å². The fourth-order valence-electron chi connectivity index (χ4n) is 3.07. The zero-order chi connectivity index (χ0) is 13.0. The first-order valence-corrected chi connectivity index (χ1v) is 6.73. The maximum atomic E-state index is 6.07. The van der Waals surface area contributed by atoms with Crippen LogP contribution >= 0.6 is 0 Å². The predicted octanol–water partition coefficient (Wildman–Crippen LogP) is 2.24. The molecule has 0 amide bonds. The molecule has 0 radical (unpaired) electrons. The lowest BCUT2D eigenvalue weighted by Gasteiger charge is -2.37. The Morgan fingerprint density at radius 3 is 2.72 bits per heavy atom. The summed E-state index contributed by atoms with van der Waals surface area (Å²) in [6.45, 7) is 4.81. The molecule has 0 aromatic carbocycles. The number of hydrazine groups is 1. The molecule has 1 aliphatic rings. The number of nitrogens with one attached hydrogen (secondary N) is 1. The van der Waals surface area contributed by atoms with Gasteiger partial charge in [0.1, 0.15) is 0 Å². The summed E-state index contributed by atoms with van der Waals surface area (Å²) in [5, 5.41) is 0. The average molecular weight is 249 g/mol. The van der Waals surface area contributed by atoms with Gasteiger partial charge in [0.05, 0.1) is 11.6 Å². The van der Waals surface area contributed by atoms with Crippen molar-refractivity contribution >= 4 is 0 Å². The van der Waals surface area contributed by atoms with Crippen LogP contribution < -0.4 is 11.3 Å². The molecule has 0 bridgehead atoms. The van der Waals surface area contributed by atoms with Crippen molar-refractivity contribution in [1.82, 2.24) is 10.4 Å². The molecule has 2 rings (SSSR count). The number of nitrogens with zero attached hydrogens (tertiary/aromatic N) is 1. The lowest BCUT2D eigenvalue weighted by Crippen LogP contribution is -2.47. The monoisotopic (exact) mass is 249 g/mol. The first-order valence-electron chi connectivity index (χ1n) is 6.73. The van der Waals surface area contributed by atoms with Crippen LogP contribution in [0, 0.1) is 6.92 Å². The molecule has 100 valence electrons. The van der Waals surface area contributed by atoms with Crippen LogP contribution in [0.5, 0.6) is 0 Å². The molecule has 1 aromatic heterocycles. The molecule has 4 heteroatoms. The third-order valence-corrected chi connectivity index (χ3v) is 3.80. The van der Waals surface area contributed by atoms with E-state index in [1.54, 1.807) is 0 Å². The summed E-state index contributed by atoms with van der Waals surface area (Å²) in [5.41, 5.74) is 5.05. The van der Waals surface area contributed by atoms with Crippen molar-refractivity contribution in [3.8, 4) is 0 Å². The first kappa shape index (κ1) is 13.5. The van der Waals surface area contributed by atoms with Crippen molar-refractivity contribution in [2.75, 3.05) is 6.61 Å². The molecule has 0 saturated heterocycles. The number of pyridine rings is 1. The van der Waals surface area contributed by atoms with Crippen LogP contribution in [0.15, 0.2) is 18.5 Å². The van der Waals surface area contributed by atoms with E-state index in [1.807, 2.05) is 26.2 Å². The van der Waals surface area contributed by atoms with Crippen LogP contribution in [0.25, 0.3) is 0 Å². The Bertz CT molecular complexity index is 388. The number of rotatable bonds is 5. The van der Waals surface area contributed by atoms with Gasteiger partial charge in [0, 0.05) is 19.0 Å². The van der Waals surface area contributed by atoms with Crippen molar-refractivity contribution in [2.24, 2.45) is 5.84 Å². The van der Waals surface area contributed by atoms with Gasteiger partial charge in [-0.1, -0.05) is 18.9 Å². The highest BCUT2D eigenvalue weighted by Crippen LogP contribution is 2.42. The van der Waals surface area contributed by atoms with Crippen LogP contribution in [0.3, 0.4) is 0 Å². The van der Waals surface area contributed by atoms with E-state index in [0.29, 0.717) is 0 Å². The minimum atomic E-state index is -0.168. The van der Waals surface area contributed by atoms with E-state index in [4.69, 9.17) is 10.6 Å². The minimum absolute atomic E-state index is 0.0207. The summed E-state index contributed by atoms with van der Waals surface area (Å²) in [6.07, 6.45) is 8.28. The highest BCUT2D eigenvalue weighted by atomic mass is 16.5. The zero-order valence-electron chi connectivity index (χ0n) is 11.3. The Morgan fingerprint density at radius 2 is 2.17 bits per heavy atom. The van der Waals surface area contributed by atoms with E-state index < -0.39 is 0 Å². The van der Waals surface area contributed by atoms with E-state index in [9.17, 15) is 0 Å². The van der Waals surface area contributed by atoms with Gasteiger partial charge in [0.15, 0.2) is 0 Å². The molecule has 1 aliphatic carbocycles. The fraction of sp³-hybridized carbons (Fsp3) is 0.643. The van der Waals surface area contributed by atoms with Crippen LogP contribution in [0.2, 0.25) is 0 Å². The fourth-order valence-corrected chi connectivity index (χ4v) is 3.07. The number of aromatic nitrogens is 1.